The molecule has 0 fully saturated rings. The number of aliphatic imine (C=N–C) groups is 1. The Kier molecular flexibility index (Phi) is 3.27. The average Bonchev–Trinajstić information content (AvgIpc) is 2.70. The second kappa shape index (κ2) is 4.67. The summed E-state index contributed by atoms with van der Waals surface area (Å²) in [7, 11) is 0. The fraction of sp³-hybridized carbons (Fsp3) is 0.417. The fourth-order valence-corrected chi connectivity index (χ4v) is 1.97. The fourth-order valence-electron chi connectivity index (χ4n) is 1.77. The van der Waals surface area contributed by atoms with Gasteiger partial charge in [-0.2, -0.15) is 0 Å². The van der Waals surface area contributed by atoms with Crippen LogP contribution in [-0.4, -0.2) is 12.4 Å². The lowest BCUT2D eigenvalue weighted by molar-refractivity contribution is 0.709. The normalized spacial score (nSPS) is 17.3. The molecule has 0 spiro atoms. The average molecular weight is 223 g/mol. The molecular formula is C12H15ClN2. The zero-order valence-corrected chi connectivity index (χ0v) is 9.59. The highest BCUT2D eigenvalue weighted by molar-refractivity contribution is 6.30. The van der Waals surface area contributed by atoms with Gasteiger partial charge in [-0.15, -0.1) is 0 Å². The van der Waals surface area contributed by atoms with Gasteiger partial charge >= 0.3 is 0 Å². The second-order valence-electron chi connectivity index (χ2n) is 3.85. The van der Waals surface area contributed by atoms with Crippen LogP contribution < -0.4 is 5.32 Å². The maximum atomic E-state index is 5.95. The third-order valence-electron chi connectivity index (χ3n) is 2.61. The minimum absolute atomic E-state index is 0.278. The first kappa shape index (κ1) is 10.5. The minimum Gasteiger partial charge on any atom is -0.367 e. The van der Waals surface area contributed by atoms with Crippen LogP contribution in [-0.2, 0) is 0 Å². The lowest BCUT2D eigenvalue weighted by Crippen LogP contribution is -2.24. The van der Waals surface area contributed by atoms with E-state index in [0.29, 0.717) is 0 Å². The molecule has 0 saturated heterocycles. The van der Waals surface area contributed by atoms with Crippen LogP contribution >= 0.6 is 11.6 Å². The first-order valence-corrected chi connectivity index (χ1v) is 5.69. The van der Waals surface area contributed by atoms with E-state index in [1.54, 1.807) is 0 Å². The lowest BCUT2D eigenvalue weighted by atomic mass is 10.1. The minimum atomic E-state index is 0.278. The van der Waals surface area contributed by atoms with Gasteiger partial charge in [-0.3, -0.25) is 4.99 Å². The Bertz CT molecular complexity index is 374. The van der Waals surface area contributed by atoms with Crippen molar-refractivity contribution in [3.8, 4) is 0 Å². The third-order valence-corrected chi connectivity index (χ3v) is 2.84. The molecule has 2 rings (SSSR count). The van der Waals surface area contributed by atoms with Gasteiger partial charge in [-0.25, -0.2) is 0 Å². The summed E-state index contributed by atoms with van der Waals surface area (Å²) in [5, 5.41) is 4.20. The summed E-state index contributed by atoms with van der Waals surface area (Å²) < 4.78 is 0. The molecule has 0 saturated carbocycles. The van der Waals surface area contributed by atoms with Gasteiger partial charge in [0, 0.05) is 24.0 Å². The number of nitrogens with one attached hydrogen (secondary N) is 1. The van der Waals surface area contributed by atoms with Crippen molar-refractivity contribution in [3.63, 3.8) is 0 Å². The van der Waals surface area contributed by atoms with Gasteiger partial charge < -0.3 is 5.32 Å². The summed E-state index contributed by atoms with van der Waals surface area (Å²) in [4.78, 5) is 4.40. The molecule has 2 nitrogen and oxygen atoms in total. The Hall–Kier alpha value is -1.02. The Morgan fingerprint density at radius 2 is 2.33 bits per heavy atom. The van der Waals surface area contributed by atoms with Crippen molar-refractivity contribution in [2.45, 2.75) is 25.8 Å². The molecule has 1 atom stereocenters. The van der Waals surface area contributed by atoms with Crippen LogP contribution in [0.4, 0.5) is 0 Å². The molecule has 15 heavy (non-hydrogen) atoms. The molecule has 1 aliphatic heterocycles. The van der Waals surface area contributed by atoms with Gasteiger partial charge in [0.05, 0.1) is 5.84 Å². The molecule has 1 N–H and O–H groups in total. The summed E-state index contributed by atoms with van der Waals surface area (Å²) in [5.74, 6) is 1.13. The van der Waals surface area contributed by atoms with Gasteiger partial charge in [-0.1, -0.05) is 23.7 Å². The van der Waals surface area contributed by atoms with Gasteiger partial charge in [-0.05, 0) is 31.0 Å². The van der Waals surface area contributed by atoms with E-state index in [0.717, 1.165) is 23.8 Å². The first-order chi connectivity index (χ1) is 7.25. The highest BCUT2D eigenvalue weighted by Crippen LogP contribution is 2.18. The van der Waals surface area contributed by atoms with Gasteiger partial charge in [0.15, 0.2) is 0 Å². The van der Waals surface area contributed by atoms with Crippen LogP contribution in [0.1, 0.15) is 31.4 Å². The van der Waals surface area contributed by atoms with E-state index in [4.69, 9.17) is 11.6 Å². The molecule has 1 aliphatic rings. The highest BCUT2D eigenvalue weighted by atomic mass is 35.5. The number of benzene rings is 1. The Balaban J connectivity index is 2.04. The lowest BCUT2D eigenvalue weighted by Gasteiger charge is -2.15. The van der Waals surface area contributed by atoms with E-state index >= 15 is 0 Å². The summed E-state index contributed by atoms with van der Waals surface area (Å²) in [6.45, 7) is 3.09. The molecule has 1 aromatic rings. The summed E-state index contributed by atoms with van der Waals surface area (Å²) in [6.07, 6.45) is 2.25. The van der Waals surface area contributed by atoms with Gasteiger partial charge in [0.25, 0.3) is 0 Å². The van der Waals surface area contributed by atoms with E-state index in [9.17, 15) is 0 Å². The molecular weight excluding hydrogens is 208 g/mol. The van der Waals surface area contributed by atoms with Crippen molar-refractivity contribution in [1.29, 1.82) is 0 Å². The molecule has 3 heteroatoms. The van der Waals surface area contributed by atoms with Crippen LogP contribution in [0.5, 0.6) is 0 Å². The molecule has 1 heterocycles. The Morgan fingerprint density at radius 3 is 3.00 bits per heavy atom. The Labute approximate surface area is 95.4 Å². The Morgan fingerprint density at radius 1 is 1.47 bits per heavy atom. The number of nitrogens with zero attached hydrogens (tertiary/aromatic N) is 1. The largest absolute Gasteiger partial charge is 0.367 e. The summed E-state index contributed by atoms with van der Waals surface area (Å²) >= 11 is 5.95. The highest BCUT2D eigenvalue weighted by Gasteiger charge is 2.10. The number of amidine groups is 1. The molecule has 0 aliphatic carbocycles. The standard InChI is InChI=1S/C12H15ClN2/c1-9(15-12-6-3-7-14-12)10-4-2-5-11(13)8-10/h2,4-5,8-9H,3,6-7H2,1H3,(H,14,15)/t9-/m1/s1. The molecule has 0 bridgehead atoms. The smallest absolute Gasteiger partial charge is 0.0968 e. The van der Waals surface area contributed by atoms with Crippen LogP contribution in [0, 0.1) is 0 Å². The predicted molar refractivity (Wildman–Crippen MR) is 64.5 cm³/mol. The van der Waals surface area contributed by atoms with Crippen molar-refractivity contribution < 1.29 is 0 Å². The number of halogens is 1. The zero-order chi connectivity index (χ0) is 10.7. The molecule has 1 aromatic carbocycles. The first-order valence-electron chi connectivity index (χ1n) is 5.31. The van der Waals surface area contributed by atoms with Crippen LogP contribution in [0.3, 0.4) is 0 Å². The van der Waals surface area contributed by atoms with E-state index in [2.05, 4.69) is 23.3 Å². The molecule has 0 radical (unpaired) electrons. The number of hydrogen-bond acceptors (Lipinski definition) is 2. The van der Waals surface area contributed by atoms with Crippen LogP contribution in [0.25, 0.3) is 0 Å². The van der Waals surface area contributed by atoms with E-state index < -0.39 is 0 Å². The molecule has 0 unspecified atom stereocenters. The maximum Gasteiger partial charge on any atom is 0.0968 e. The molecule has 0 amide bonds. The third kappa shape index (κ3) is 2.72. The SMILES string of the molecule is C[C@@H](NC1=NCCC1)c1cccc(Cl)c1. The van der Waals surface area contributed by atoms with E-state index in [1.807, 2.05) is 18.2 Å². The quantitative estimate of drug-likeness (QED) is 0.817. The van der Waals surface area contributed by atoms with Crippen molar-refractivity contribution in [2.75, 3.05) is 6.54 Å². The second-order valence-corrected chi connectivity index (χ2v) is 4.29. The zero-order valence-electron chi connectivity index (χ0n) is 8.83. The van der Waals surface area contributed by atoms with Gasteiger partial charge in [0.1, 0.15) is 0 Å². The van der Waals surface area contributed by atoms with E-state index in [-0.39, 0.29) is 6.04 Å². The topological polar surface area (TPSA) is 24.4 Å². The van der Waals surface area contributed by atoms with Gasteiger partial charge in [0.2, 0.25) is 0 Å². The summed E-state index contributed by atoms with van der Waals surface area (Å²) in [5.41, 5.74) is 1.21. The van der Waals surface area contributed by atoms with Crippen LogP contribution in [0.15, 0.2) is 29.3 Å². The summed E-state index contributed by atoms with van der Waals surface area (Å²) in [6, 6.07) is 8.23. The number of rotatable bonds is 2. The maximum absolute atomic E-state index is 5.95. The van der Waals surface area contributed by atoms with Crippen molar-refractivity contribution >= 4 is 17.4 Å². The molecule has 80 valence electrons. The number of hydrogen-bond donors (Lipinski definition) is 1. The van der Waals surface area contributed by atoms with Crippen LogP contribution in [0.2, 0.25) is 5.02 Å². The van der Waals surface area contributed by atoms with Crippen molar-refractivity contribution in [2.24, 2.45) is 4.99 Å². The van der Waals surface area contributed by atoms with E-state index in [1.165, 1.54) is 12.0 Å². The van der Waals surface area contributed by atoms with Crippen molar-refractivity contribution in [1.82, 2.24) is 5.32 Å². The molecule has 0 aromatic heterocycles. The predicted octanol–water partition coefficient (Wildman–Crippen LogP) is 3.18. The monoisotopic (exact) mass is 222 g/mol. The van der Waals surface area contributed by atoms with Crippen molar-refractivity contribution in [3.05, 3.63) is 34.9 Å².